The summed E-state index contributed by atoms with van der Waals surface area (Å²) in [6, 6.07) is 13.5. The van der Waals surface area contributed by atoms with Crippen LogP contribution < -0.4 is 10.1 Å². The zero-order chi connectivity index (χ0) is 23.7. The smallest absolute Gasteiger partial charge is 0.235 e. The molecule has 5 rings (SSSR count). The van der Waals surface area contributed by atoms with Gasteiger partial charge in [0.05, 0.1) is 12.0 Å². The minimum absolute atomic E-state index is 0.272. The lowest BCUT2D eigenvalue weighted by Gasteiger charge is -2.18. The molecule has 1 saturated carbocycles. The van der Waals surface area contributed by atoms with Gasteiger partial charge in [0.1, 0.15) is 5.82 Å². The van der Waals surface area contributed by atoms with Crippen LogP contribution in [-0.2, 0) is 10.2 Å². The lowest BCUT2D eigenvalue weighted by atomic mass is 9.94. The van der Waals surface area contributed by atoms with Gasteiger partial charge in [-0.15, -0.1) is 5.10 Å². The molecule has 0 unspecified atom stereocenters. The van der Waals surface area contributed by atoms with E-state index in [1.54, 1.807) is 36.5 Å². The summed E-state index contributed by atoms with van der Waals surface area (Å²) in [6.45, 7) is 2.42. The molecule has 0 spiro atoms. The second-order valence-corrected chi connectivity index (χ2v) is 8.43. The number of hydrogen-bond acceptors (Lipinski definition) is 6. The Morgan fingerprint density at radius 1 is 1.18 bits per heavy atom. The fourth-order valence-electron chi connectivity index (χ4n) is 3.99. The Morgan fingerprint density at radius 3 is 2.68 bits per heavy atom. The number of hydrogen-bond donors (Lipinski definition) is 2. The number of amides is 1. The van der Waals surface area contributed by atoms with E-state index < -0.39 is 11.2 Å². The first-order valence-electron chi connectivity index (χ1n) is 10.7. The van der Waals surface area contributed by atoms with Crippen LogP contribution in [0, 0.1) is 5.82 Å². The van der Waals surface area contributed by atoms with Gasteiger partial charge in [0.2, 0.25) is 11.8 Å². The maximum absolute atomic E-state index is 14.5. The molecule has 1 aliphatic rings. The second kappa shape index (κ2) is 8.83. The molecule has 8 nitrogen and oxygen atoms in total. The minimum atomic E-state index is -0.902. The third kappa shape index (κ3) is 4.10. The number of carbonyl (C=O) groups excluding carboxylic acids is 1. The van der Waals surface area contributed by atoms with E-state index in [-0.39, 0.29) is 5.91 Å². The normalized spacial score (nSPS) is 14.0. The first-order valence-corrected chi connectivity index (χ1v) is 11.1. The summed E-state index contributed by atoms with van der Waals surface area (Å²) in [4.78, 5) is 17.5. The van der Waals surface area contributed by atoms with Crippen LogP contribution >= 0.6 is 11.6 Å². The van der Waals surface area contributed by atoms with Gasteiger partial charge in [0.25, 0.3) is 0 Å². The number of anilines is 1. The number of carbonyl (C=O) groups is 1. The van der Waals surface area contributed by atoms with Crippen LogP contribution in [0.2, 0.25) is 5.02 Å². The number of benzene rings is 2. The molecule has 2 aromatic heterocycles. The van der Waals surface area contributed by atoms with E-state index in [4.69, 9.17) is 16.3 Å². The molecule has 0 atom stereocenters. The lowest BCUT2D eigenvalue weighted by Crippen LogP contribution is -2.28. The SMILES string of the molecule is CCOc1ccc(-c2ccc(NC(=O)C3(c4ccc(Cl)cc4F)CC3)cc2-c2nnn[nH]2)cn1. The predicted molar refractivity (Wildman–Crippen MR) is 125 cm³/mol. The van der Waals surface area contributed by atoms with Crippen molar-refractivity contribution in [2.24, 2.45) is 0 Å². The molecule has 0 saturated heterocycles. The molecule has 2 N–H and O–H groups in total. The second-order valence-electron chi connectivity index (χ2n) is 7.99. The number of pyridine rings is 1. The summed E-state index contributed by atoms with van der Waals surface area (Å²) < 4.78 is 20.0. The molecule has 4 aromatic rings. The molecule has 1 amide bonds. The first kappa shape index (κ1) is 22.0. The molecular formula is C24H20ClFN6O2. The van der Waals surface area contributed by atoms with Gasteiger partial charge < -0.3 is 10.1 Å². The van der Waals surface area contributed by atoms with Crippen LogP contribution in [0.5, 0.6) is 5.88 Å². The Hall–Kier alpha value is -3.85. The van der Waals surface area contributed by atoms with Crippen LogP contribution in [0.3, 0.4) is 0 Å². The fourth-order valence-corrected chi connectivity index (χ4v) is 4.15. The lowest BCUT2D eigenvalue weighted by molar-refractivity contribution is -0.118. The van der Waals surface area contributed by atoms with Gasteiger partial charge in [-0.2, -0.15) is 0 Å². The van der Waals surface area contributed by atoms with Crippen LogP contribution in [-0.4, -0.2) is 38.1 Å². The molecular weight excluding hydrogens is 459 g/mol. The Balaban J connectivity index is 1.46. The van der Waals surface area contributed by atoms with E-state index in [0.29, 0.717) is 53.0 Å². The Bertz CT molecular complexity index is 1340. The van der Waals surface area contributed by atoms with Gasteiger partial charge in [-0.25, -0.2) is 14.5 Å². The third-order valence-electron chi connectivity index (χ3n) is 5.85. The molecule has 34 heavy (non-hydrogen) atoms. The van der Waals surface area contributed by atoms with Crippen LogP contribution in [0.15, 0.2) is 54.7 Å². The molecule has 172 valence electrons. The number of tetrazole rings is 1. The van der Waals surface area contributed by atoms with Crippen molar-refractivity contribution < 1.29 is 13.9 Å². The highest BCUT2D eigenvalue weighted by Crippen LogP contribution is 2.50. The van der Waals surface area contributed by atoms with E-state index in [9.17, 15) is 9.18 Å². The van der Waals surface area contributed by atoms with Crippen molar-refractivity contribution in [3.63, 3.8) is 0 Å². The monoisotopic (exact) mass is 478 g/mol. The maximum Gasteiger partial charge on any atom is 0.235 e. The van der Waals surface area contributed by atoms with E-state index in [0.717, 1.165) is 11.1 Å². The van der Waals surface area contributed by atoms with Crippen LogP contribution in [0.25, 0.3) is 22.5 Å². The molecule has 10 heteroatoms. The van der Waals surface area contributed by atoms with E-state index in [1.165, 1.54) is 6.07 Å². The van der Waals surface area contributed by atoms with Crippen molar-refractivity contribution in [2.75, 3.05) is 11.9 Å². The number of nitrogens with zero attached hydrogens (tertiary/aromatic N) is 4. The number of aromatic amines is 1. The molecule has 0 bridgehead atoms. The average Bonchev–Trinajstić information content (AvgIpc) is 3.45. The summed E-state index contributed by atoms with van der Waals surface area (Å²) in [7, 11) is 0. The molecule has 1 aliphatic carbocycles. The Morgan fingerprint density at radius 2 is 2.03 bits per heavy atom. The number of H-pyrrole nitrogens is 1. The highest BCUT2D eigenvalue weighted by Gasteiger charge is 2.52. The molecule has 2 aromatic carbocycles. The van der Waals surface area contributed by atoms with Gasteiger partial charge in [0, 0.05) is 39.7 Å². The van der Waals surface area contributed by atoms with Crippen molar-refractivity contribution in [3.8, 4) is 28.4 Å². The quantitative estimate of drug-likeness (QED) is 0.395. The van der Waals surface area contributed by atoms with E-state index in [1.807, 2.05) is 19.1 Å². The van der Waals surface area contributed by atoms with Crippen molar-refractivity contribution >= 4 is 23.2 Å². The number of nitrogens with one attached hydrogen (secondary N) is 2. The average molecular weight is 479 g/mol. The van der Waals surface area contributed by atoms with Gasteiger partial charge >= 0.3 is 0 Å². The standard InChI is InChI=1S/C24H20ClFN6O2/c1-2-34-21-8-3-14(13-27-21)17-6-5-16(12-18(17)22-29-31-32-30-22)28-23(33)24(9-10-24)19-7-4-15(25)11-20(19)26/h3-8,11-13H,2,9-10H2,1H3,(H,28,33)(H,29,30,31,32). The number of rotatable bonds is 7. The topological polar surface area (TPSA) is 106 Å². The Labute approximate surface area is 199 Å². The van der Waals surface area contributed by atoms with Gasteiger partial charge in [-0.05, 0) is 66.1 Å². The highest BCUT2D eigenvalue weighted by molar-refractivity contribution is 6.30. The van der Waals surface area contributed by atoms with Gasteiger partial charge in [0.15, 0.2) is 5.82 Å². The predicted octanol–water partition coefficient (Wildman–Crippen LogP) is 4.79. The minimum Gasteiger partial charge on any atom is -0.478 e. The summed E-state index contributed by atoms with van der Waals surface area (Å²) in [5, 5.41) is 17.4. The number of aromatic nitrogens is 5. The molecule has 2 heterocycles. The zero-order valence-electron chi connectivity index (χ0n) is 18.2. The summed E-state index contributed by atoms with van der Waals surface area (Å²) >= 11 is 5.88. The van der Waals surface area contributed by atoms with Gasteiger partial charge in [-0.3, -0.25) is 4.79 Å². The number of ether oxygens (including phenoxy) is 1. The van der Waals surface area contributed by atoms with E-state index >= 15 is 0 Å². The first-order chi connectivity index (χ1) is 16.5. The largest absolute Gasteiger partial charge is 0.478 e. The summed E-state index contributed by atoms with van der Waals surface area (Å²) in [5.74, 6) is 0.213. The highest BCUT2D eigenvalue weighted by atomic mass is 35.5. The molecule has 0 radical (unpaired) electrons. The third-order valence-corrected chi connectivity index (χ3v) is 6.08. The van der Waals surface area contributed by atoms with Crippen molar-refractivity contribution in [2.45, 2.75) is 25.2 Å². The molecule has 0 aliphatic heterocycles. The maximum atomic E-state index is 14.5. The van der Waals surface area contributed by atoms with Crippen molar-refractivity contribution in [1.29, 1.82) is 0 Å². The summed E-state index contributed by atoms with van der Waals surface area (Å²) in [6.07, 6.45) is 2.83. The summed E-state index contributed by atoms with van der Waals surface area (Å²) in [5.41, 5.74) is 2.31. The fraction of sp³-hybridized carbons (Fsp3) is 0.208. The molecule has 1 fully saturated rings. The van der Waals surface area contributed by atoms with Crippen LogP contribution in [0.1, 0.15) is 25.3 Å². The zero-order valence-corrected chi connectivity index (χ0v) is 18.9. The van der Waals surface area contributed by atoms with Gasteiger partial charge in [-0.1, -0.05) is 23.7 Å². The van der Waals surface area contributed by atoms with Crippen molar-refractivity contribution in [1.82, 2.24) is 25.6 Å². The Kier molecular flexibility index (Phi) is 5.70. The van der Waals surface area contributed by atoms with E-state index in [2.05, 4.69) is 30.9 Å². The van der Waals surface area contributed by atoms with Crippen LogP contribution in [0.4, 0.5) is 10.1 Å². The number of halogens is 2. The van der Waals surface area contributed by atoms with Crippen molar-refractivity contribution in [3.05, 3.63) is 71.1 Å².